The first-order valence-corrected chi connectivity index (χ1v) is 2.88. The molecule has 1 fully saturated rings. The molecule has 0 aromatic rings. The summed E-state index contributed by atoms with van der Waals surface area (Å²) < 4.78 is 0. The second-order valence-electron chi connectivity index (χ2n) is 1.86. The molecule has 0 unspecified atom stereocenters. The van der Waals surface area contributed by atoms with E-state index < -0.39 is 0 Å². The van der Waals surface area contributed by atoms with Crippen molar-refractivity contribution in [3.05, 3.63) is 17.5 Å². The van der Waals surface area contributed by atoms with E-state index in [0.29, 0.717) is 0 Å². The normalized spacial score (nSPS) is 23.9. The van der Waals surface area contributed by atoms with E-state index in [-0.39, 0.29) is 0 Å². The number of allylic oxidation sites excluding steroid dienone is 1. The van der Waals surface area contributed by atoms with Crippen molar-refractivity contribution in [3.63, 3.8) is 0 Å². The molecule has 0 N–H and O–H groups in total. The third-order valence-corrected chi connectivity index (χ3v) is 1.71. The van der Waals surface area contributed by atoms with Gasteiger partial charge in [-0.3, -0.25) is 0 Å². The predicted octanol–water partition coefficient (Wildman–Crippen LogP) is 2.50. The van der Waals surface area contributed by atoms with E-state index in [1.807, 2.05) is 0 Å². The van der Waals surface area contributed by atoms with Gasteiger partial charge in [-0.05, 0) is 19.3 Å². The maximum absolute atomic E-state index is 5.68. The molecule has 1 radical (unpaired) electrons. The highest BCUT2D eigenvalue weighted by atomic mass is 35.5. The second kappa shape index (κ2) is 1.87. The third kappa shape index (κ3) is 0.973. The molecule has 0 amide bonds. The van der Waals surface area contributed by atoms with Gasteiger partial charge in [0.05, 0.1) is 5.38 Å². The fourth-order valence-corrected chi connectivity index (χ4v) is 0.998. The Labute approximate surface area is 49.2 Å². The molecule has 1 rings (SSSR count). The van der Waals surface area contributed by atoms with Crippen molar-refractivity contribution >= 4 is 11.6 Å². The van der Waals surface area contributed by atoms with Crippen LogP contribution in [0.25, 0.3) is 0 Å². The number of hydrogen-bond donors (Lipinski definition) is 0. The van der Waals surface area contributed by atoms with Crippen LogP contribution in [-0.2, 0) is 0 Å². The molecular weight excluding hydrogens is 108 g/mol. The minimum absolute atomic E-state index is 0.986. The highest BCUT2D eigenvalue weighted by Gasteiger charge is 2.15. The topological polar surface area (TPSA) is 0 Å². The van der Waals surface area contributed by atoms with E-state index in [2.05, 4.69) is 6.58 Å². The van der Waals surface area contributed by atoms with Crippen molar-refractivity contribution in [2.75, 3.05) is 0 Å². The summed E-state index contributed by atoms with van der Waals surface area (Å²) in [5, 5.41) is 0.986. The average molecular weight is 116 g/mol. The zero-order chi connectivity index (χ0) is 5.28. The Morgan fingerprint density at radius 1 is 1.43 bits per heavy atom. The molecule has 39 valence electrons. The van der Waals surface area contributed by atoms with Gasteiger partial charge in [-0.25, -0.2) is 0 Å². The highest BCUT2D eigenvalue weighted by molar-refractivity contribution is 6.29. The summed E-state index contributed by atoms with van der Waals surface area (Å²) >= 11 is 5.68. The van der Waals surface area contributed by atoms with Gasteiger partial charge in [0.15, 0.2) is 0 Å². The van der Waals surface area contributed by atoms with Crippen LogP contribution >= 0.6 is 11.6 Å². The van der Waals surface area contributed by atoms with Crippen LogP contribution in [0.3, 0.4) is 0 Å². The van der Waals surface area contributed by atoms with Crippen LogP contribution in [0.5, 0.6) is 0 Å². The Kier molecular flexibility index (Phi) is 1.38. The van der Waals surface area contributed by atoms with Gasteiger partial charge in [0.2, 0.25) is 0 Å². The molecule has 0 aromatic carbocycles. The minimum atomic E-state index is 0.986. The van der Waals surface area contributed by atoms with Gasteiger partial charge in [-0.2, -0.15) is 0 Å². The smallest absolute Gasteiger partial charge is 0.0881 e. The highest BCUT2D eigenvalue weighted by Crippen LogP contribution is 2.34. The van der Waals surface area contributed by atoms with Crippen LogP contribution in [0.15, 0.2) is 12.2 Å². The van der Waals surface area contributed by atoms with Gasteiger partial charge in [0, 0.05) is 0 Å². The quantitative estimate of drug-likeness (QED) is 0.455. The molecule has 1 aliphatic rings. The molecule has 1 saturated carbocycles. The van der Waals surface area contributed by atoms with E-state index in [9.17, 15) is 0 Å². The third-order valence-electron chi connectivity index (χ3n) is 1.26. The van der Waals surface area contributed by atoms with Crippen molar-refractivity contribution in [1.29, 1.82) is 0 Å². The Bertz CT molecular complexity index is 86.2. The van der Waals surface area contributed by atoms with Gasteiger partial charge in [0.25, 0.3) is 0 Å². The SMILES string of the molecule is C=C1CCC[C]1Cl. The zero-order valence-corrected chi connectivity index (χ0v) is 4.96. The minimum Gasteiger partial charge on any atom is -0.112 e. The van der Waals surface area contributed by atoms with Crippen molar-refractivity contribution in [2.24, 2.45) is 0 Å². The molecule has 0 heterocycles. The van der Waals surface area contributed by atoms with Crippen molar-refractivity contribution in [3.8, 4) is 0 Å². The van der Waals surface area contributed by atoms with Crippen LogP contribution in [0, 0.1) is 5.38 Å². The van der Waals surface area contributed by atoms with Crippen LogP contribution in [0.2, 0.25) is 0 Å². The Hall–Kier alpha value is 0.0300. The summed E-state index contributed by atoms with van der Waals surface area (Å²) in [6, 6.07) is 0. The van der Waals surface area contributed by atoms with Crippen LogP contribution < -0.4 is 0 Å². The molecule has 0 aliphatic heterocycles. The average Bonchev–Trinajstić information content (AvgIpc) is 1.91. The summed E-state index contributed by atoms with van der Waals surface area (Å²) in [6.07, 6.45) is 3.37. The summed E-state index contributed by atoms with van der Waals surface area (Å²) in [7, 11) is 0. The van der Waals surface area contributed by atoms with Gasteiger partial charge >= 0.3 is 0 Å². The standard InChI is InChI=1S/C6H8Cl/c1-5-3-2-4-6(5)7/h1-4H2. The maximum Gasteiger partial charge on any atom is 0.0881 e. The van der Waals surface area contributed by atoms with E-state index in [1.54, 1.807) is 0 Å². The summed E-state index contributed by atoms with van der Waals surface area (Å²) in [5.74, 6) is 0. The fourth-order valence-electron chi connectivity index (χ4n) is 0.769. The lowest BCUT2D eigenvalue weighted by Crippen LogP contribution is -1.75. The number of rotatable bonds is 0. The largest absolute Gasteiger partial charge is 0.112 e. The van der Waals surface area contributed by atoms with E-state index >= 15 is 0 Å². The maximum atomic E-state index is 5.68. The molecule has 1 heteroatoms. The van der Waals surface area contributed by atoms with Crippen LogP contribution in [0.1, 0.15) is 19.3 Å². The monoisotopic (exact) mass is 115 g/mol. The lowest BCUT2D eigenvalue weighted by molar-refractivity contribution is 0.926. The van der Waals surface area contributed by atoms with Gasteiger partial charge < -0.3 is 0 Å². The Morgan fingerprint density at radius 3 is 2.29 bits per heavy atom. The molecule has 1 aliphatic carbocycles. The fraction of sp³-hybridized carbons (Fsp3) is 0.500. The van der Waals surface area contributed by atoms with Crippen LogP contribution in [0.4, 0.5) is 0 Å². The van der Waals surface area contributed by atoms with Gasteiger partial charge in [-0.1, -0.05) is 12.2 Å². The summed E-state index contributed by atoms with van der Waals surface area (Å²) in [6.45, 7) is 3.77. The van der Waals surface area contributed by atoms with E-state index in [1.165, 1.54) is 6.42 Å². The van der Waals surface area contributed by atoms with Crippen molar-refractivity contribution < 1.29 is 0 Å². The van der Waals surface area contributed by atoms with Crippen molar-refractivity contribution in [2.45, 2.75) is 19.3 Å². The molecule has 7 heavy (non-hydrogen) atoms. The zero-order valence-electron chi connectivity index (χ0n) is 4.21. The van der Waals surface area contributed by atoms with Crippen LogP contribution in [-0.4, -0.2) is 0 Å². The molecule has 0 bridgehead atoms. The van der Waals surface area contributed by atoms with Gasteiger partial charge in [0.1, 0.15) is 0 Å². The Morgan fingerprint density at radius 2 is 2.14 bits per heavy atom. The van der Waals surface area contributed by atoms with Crippen molar-refractivity contribution in [1.82, 2.24) is 0 Å². The molecule has 0 atom stereocenters. The molecule has 0 aromatic heterocycles. The number of halogens is 1. The predicted molar refractivity (Wildman–Crippen MR) is 32.1 cm³/mol. The first-order chi connectivity index (χ1) is 3.30. The summed E-state index contributed by atoms with van der Waals surface area (Å²) in [4.78, 5) is 0. The number of hydrogen-bond acceptors (Lipinski definition) is 0. The first-order valence-electron chi connectivity index (χ1n) is 2.50. The second-order valence-corrected chi connectivity index (χ2v) is 2.32. The molecular formula is C6H8Cl. The lowest BCUT2D eigenvalue weighted by atomic mass is 10.3. The molecule has 0 nitrogen and oxygen atoms in total. The van der Waals surface area contributed by atoms with E-state index in [0.717, 1.165) is 23.8 Å². The molecule has 0 saturated heterocycles. The first kappa shape index (κ1) is 5.17. The van der Waals surface area contributed by atoms with Gasteiger partial charge in [-0.15, -0.1) is 11.6 Å². The Balaban J connectivity index is 2.48. The lowest BCUT2D eigenvalue weighted by Gasteiger charge is -1.93. The molecule has 0 spiro atoms. The van der Waals surface area contributed by atoms with E-state index in [4.69, 9.17) is 11.6 Å². The summed E-state index contributed by atoms with van der Waals surface area (Å²) in [5.41, 5.74) is 1.14.